The molecule has 2 heterocycles. The highest BCUT2D eigenvalue weighted by Crippen LogP contribution is 2.38. The van der Waals surface area contributed by atoms with E-state index in [-0.39, 0.29) is 42.5 Å². The summed E-state index contributed by atoms with van der Waals surface area (Å²) in [5, 5.41) is 7.69. The molecule has 1 saturated heterocycles. The number of carbonyl (C=O) groups excluding carboxylic acids is 3. The molecule has 152 valence electrons. The number of nitrogens with zero attached hydrogens (tertiary/aromatic N) is 3. The van der Waals surface area contributed by atoms with Crippen molar-refractivity contribution in [3.8, 4) is 0 Å². The molecule has 3 amide bonds. The van der Waals surface area contributed by atoms with E-state index in [1.807, 2.05) is 18.2 Å². The van der Waals surface area contributed by atoms with Gasteiger partial charge in [0.05, 0.1) is 24.6 Å². The Morgan fingerprint density at radius 3 is 2.48 bits per heavy atom. The van der Waals surface area contributed by atoms with Gasteiger partial charge in [-0.2, -0.15) is 5.10 Å². The van der Waals surface area contributed by atoms with Gasteiger partial charge in [0.1, 0.15) is 5.82 Å². The predicted molar refractivity (Wildman–Crippen MR) is 108 cm³/mol. The predicted octanol–water partition coefficient (Wildman–Crippen LogP) is 3.09. The van der Waals surface area contributed by atoms with E-state index in [0.29, 0.717) is 17.4 Å². The molecule has 1 saturated carbocycles. The van der Waals surface area contributed by atoms with Gasteiger partial charge in [-0.3, -0.25) is 19.3 Å². The number of fused-ring (bicyclic) bond motifs is 1. The highest BCUT2D eigenvalue weighted by molar-refractivity contribution is 6.31. The minimum atomic E-state index is -0.263. The lowest BCUT2D eigenvalue weighted by atomic mass is 9.81. The molecular weight excluding hydrogens is 392 g/mol. The van der Waals surface area contributed by atoms with Crippen molar-refractivity contribution in [2.24, 2.45) is 11.8 Å². The zero-order valence-corrected chi connectivity index (χ0v) is 16.8. The van der Waals surface area contributed by atoms with E-state index in [4.69, 9.17) is 11.6 Å². The molecule has 2 aromatic rings. The normalized spacial score (nSPS) is 21.3. The molecule has 29 heavy (non-hydrogen) atoms. The Morgan fingerprint density at radius 2 is 1.79 bits per heavy atom. The van der Waals surface area contributed by atoms with Crippen LogP contribution in [0.4, 0.5) is 5.82 Å². The Hall–Kier alpha value is -2.67. The molecule has 1 N–H and O–H groups in total. The quantitative estimate of drug-likeness (QED) is 0.736. The second kappa shape index (κ2) is 8.37. The number of imide groups is 1. The summed E-state index contributed by atoms with van der Waals surface area (Å²) in [5.41, 5.74) is 0.893. The van der Waals surface area contributed by atoms with E-state index >= 15 is 0 Å². The van der Waals surface area contributed by atoms with Crippen molar-refractivity contribution in [1.82, 2.24) is 14.7 Å². The number of benzene rings is 1. The maximum Gasteiger partial charge on any atom is 0.233 e. The Morgan fingerprint density at radius 1 is 1.10 bits per heavy atom. The summed E-state index contributed by atoms with van der Waals surface area (Å²) in [4.78, 5) is 38.7. The molecule has 1 aromatic heterocycles. The van der Waals surface area contributed by atoms with Gasteiger partial charge in [-0.15, -0.1) is 0 Å². The third-order valence-electron chi connectivity index (χ3n) is 5.76. The molecule has 7 nitrogen and oxygen atoms in total. The standard InChI is InChI=1S/C21H23ClN4O3/c22-17-8-4-1-5-14(17)13-26-18(9-11-23-26)24-19(27)10-12-25-20(28)15-6-2-3-7-16(15)21(25)29/h1,4-5,8-9,11,15-16H,2-3,6-7,10,12-13H2,(H,24,27). The van der Waals surface area contributed by atoms with Gasteiger partial charge in [0.2, 0.25) is 17.7 Å². The summed E-state index contributed by atoms with van der Waals surface area (Å²) in [6, 6.07) is 9.16. The zero-order chi connectivity index (χ0) is 20.4. The van der Waals surface area contributed by atoms with Crippen LogP contribution in [0.1, 0.15) is 37.7 Å². The van der Waals surface area contributed by atoms with Crippen LogP contribution < -0.4 is 5.32 Å². The van der Waals surface area contributed by atoms with E-state index in [1.54, 1.807) is 23.0 Å². The fraction of sp³-hybridized carbons (Fsp3) is 0.429. The first kappa shape index (κ1) is 19.6. The van der Waals surface area contributed by atoms with Crippen LogP contribution in [-0.2, 0) is 20.9 Å². The van der Waals surface area contributed by atoms with E-state index in [0.717, 1.165) is 31.2 Å². The molecule has 0 radical (unpaired) electrons. The fourth-order valence-corrected chi connectivity index (χ4v) is 4.42. The number of hydrogen-bond donors (Lipinski definition) is 1. The van der Waals surface area contributed by atoms with Crippen LogP contribution >= 0.6 is 11.6 Å². The van der Waals surface area contributed by atoms with Crippen LogP contribution in [0.2, 0.25) is 5.02 Å². The van der Waals surface area contributed by atoms with Gasteiger partial charge in [-0.1, -0.05) is 42.6 Å². The second-order valence-corrected chi connectivity index (χ2v) is 8.00. The van der Waals surface area contributed by atoms with Gasteiger partial charge < -0.3 is 5.32 Å². The molecule has 1 aliphatic carbocycles. The second-order valence-electron chi connectivity index (χ2n) is 7.59. The van der Waals surface area contributed by atoms with E-state index in [1.165, 1.54) is 4.90 Å². The number of nitrogens with one attached hydrogen (secondary N) is 1. The molecule has 2 aliphatic rings. The molecular formula is C21H23ClN4O3. The summed E-state index contributed by atoms with van der Waals surface area (Å²) in [5.74, 6) is -0.315. The number of aromatic nitrogens is 2. The molecule has 1 aliphatic heterocycles. The lowest BCUT2D eigenvalue weighted by molar-refractivity contribution is -0.140. The summed E-state index contributed by atoms with van der Waals surface area (Å²) >= 11 is 6.20. The number of rotatable bonds is 6. The molecule has 2 atom stereocenters. The molecule has 8 heteroatoms. The van der Waals surface area contributed by atoms with Crippen LogP contribution in [0, 0.1) is 11.8 Å². The van der Waals surface area contributed by atoms with Crippen LogP contribution in [0.15, 0.2) is 36.5 Å². The summed E-state index contributed by atoms with van der Waals surface area (Å²) in [6.07, 6.45) is 5.20. The molecule has 1 aromatic carbocycles. The summed E-state index contributed by atoms with van der Waals surface area (Å²) in [7, 11) is 0. The zero-order valence-electron chi connectivity index (χ0n) is 16.0. The number of likely N-dealkylation sites (tertiary alicyclic amines) is 1. The highest BCUT2D eigenvalue weighted by Gasteiger charge is 2.47. The van der Waals surface area contributed by atoms with Crippen molar-refractivity contribution >= 4 is 35.1 Å². The van der Waals surface area contributed by atoms with Gasteiger partial charge in [0.15, 0.2) is 0 Å². The molecule has 2 unspecified atom stereocenters. The smallest absolute Gasteiger partial charge is 0.233 e. The monoisotopic (exact) mass is 414 g/mol. The first-order valence-electron chi connectivity index (χ1n) is 9.95. The average Bonchev–Trinajstić information content (AvgIpc) is 3.25. The third kappa shape index (κ3) is 4.05. The van der Waals surface area contributed by atoms with Crippen molar-refractivity contribution < 1.29 is 14.4 Å². The van der Waals surface area contributed by atoms with Crippen LogP contribution in [0.3, 0.4) is 0 Å². The first-order valence-corrected chi connectivity index (χ1v) is 10.3. The maximum atomic E-state index is 12.5. The van der Waals surface area contributed by atoms with Gasteiger partial charge in [-0.05, 0) is 24.5 Å². The molecule has 0 bridgehead atoms. The van der Waals surface area contributed by atoms with Crippen molar-refractivity contribution in [1.29, 1.82) is 0 Å². The van der Waals surface area contributed by atoms with Gasteiger partial charge >= 0.3 is 0 Å². The van der Waals surface area contributed by atoms with Crippen molar-refractivity contribution in [3.63, 3.8) is 0 Å². The maximum absolute atomic E-state index is 12.5. The highest BCUT2D eigenvalue weighted by atomic mass is 35.5. The van der Waals surface area contributed by atoms with Crippen LogP contribution in [-0.4, -0.2) is 38.9 Å². The largest absolute Gasteiger partial charge is 0.311 e. The molecule has 2 fully saturated rings. The number of hydrogen-bond acceptors (Lipinski definition) is 4. The Bertz CT molecular complexity index is 918. The Labute approximate surface area is 174 Å². The van der Waals surface area contributed by atoms with Gasteiger partial charge in [-0.25, -0.2) is 4.68 Å². The van der Waals surface area contributed by atoms with E-state index in [2.05, 4.69) is 10.4 Å². The number of anilines is 1. The minimum absolute atomic E-state index is 0.0637. The van der Waals surface area contributed by atoms with Crippen molar-refractivity contribution in [3.05, 3.63) is 47.1 Å². The minimum Gasteiger partial charge on any atom is -0.311 e. The number of halogens is 1. The number of amides is 3. The Kier molecular flexibility index (Phi) is 5.67. The lowest BCUT2D eigenvalue weighted by Gasteiger charge is -2.19. The van der Waals surface area contributed by atoms with Crippen LogP contribution in [0.25, 0.3) is 0 Å². The SMILES string of the molecule is O=C(CCN1C(=O)C2CCCCC2C1=O)Nc1ccnn1Cc1ccccc1Cl. The van der Waals surface area contributed by atoms with E-state index in [9.17, 15) is 14.4 Å². The molecule has 0 spiro atoms. The summed E-state index contributed by atoms with van der Waals surface area (Å²) < 4.78 is 1.65. The lowest BCUT2D eigenvalue weighted by Crippen LogP contribution is -2.34. The summed E-state index contributed by atoms with van der Waals surface area (Å²) in [6.45, 7) is 0.546. The fourth-order valence-electron chi connectivity index (χ4n) is 4.22. The first-order chi connectivity index (χ1) is 14.0. The third-order valence-corrected chi connectivity index (χ3v) is 6.13. The topological polar surface area (TPSA) is 84.3 Å². The Balaban J connectivity index is 1.35. The molecule has 4 rings (SSSR count). The number of carbonyl (C=O) groups is 3. The van der Waals surface area contributed by atoms with E-state index < -0.39 is 0 Å². The van der Waals surface area contributed by atoms with Crippen LogP contribution in [0.5, 0.6) is 0 Å². The van der Waals surface area contributed by atoms with Gasteiger partial charge in [0.25, 0.3) is 0 Å². The van der Waals surface area contributed by atoms with Crippen molar-refractivity contribution in [2.75, 3.05) is 11.9 Å². The van der Waals surface area contributed by atoms with Crippen molar-refractivity contribution in [2.45, 2.75) is 38.6 Å². The van der Waals surface area contributed by atoms with Gasteiger partial charge in [0, 0.05) is 24.1 Å². The average molecular weight is 415 g/mol.